The molecule has 0 aliphatic rings. The molecule has 0 unspecified atom stereocenters. The van der Waals surface area contributed by atoms with Crippen LogP contribution in [-0.2, 0) is 0 Å². The number of pyridine rings is 1. The van der Waals surface area contributed by atoms with Gasteiger partial charge in [-0.1, -0.05) is 24.3 Å². The molecule has 0 bridgehead atoms. The Morgan fingerprint density at radius 3 is 2.48 bits per heavy atom. The Bertz CT molecular complexity index is 981. The number of amides is 1. The lowest BCUT2D eigenvalue weighted by Crippen LogP contribution is -2.23. The monoisotopic (exact) mass is 314 g/mol. The molecule has 1 amide bonds. The number of nitrogens with zero attached hydrogens (tertiary/aromatic N) is 1. The Balaban J connectivity index is 2.16. The van der Waals surface area contributed by atoms with Crippen molar-refractivity contribution in [2.75, 3.05) is 5.32 Å². The highest BCUT2D eigenvalue weighted by Crippen LogP contribution is 2.25. The third-order valence-electron chi connectivity index (χ3n) is 3.35. The van der Waals surface area contributed by atoms with Gasteiger partial charge in [-0.25, -0.2) is 4.39 Å². The molecule has 0 aliphatic carbocycles. The summed E-state index contributed by atoms with van der Waals surface area (Å²) in [6.45, 7) is 0. The molecule has 0 radical (unpaired) electrons. The third kappa shape index (κ3) is 2.48. The lowest BCUT2D eigenvalue weighted by molar-refractivity contribution is 0.100. The van der Waals surface area contributed by atoms with E-state index in [-0.39, 0.29) is 26.8 Å². The van der Waals surface area contributed by atoms with Crippen LogP contribution < -0.4 is 10.9 Å². The average Bonchev–Trinajstić information content (AvgIpc) is 2.53. The van der Waals surface area contributed by atoms with Crippen LogP contribution in [0.3, 0.4) is 0 Å². The van der Waals surface area contributed by atoms with Crippen LogP contribution in [0.2, 0.25) is 0 Å². The second-order valence-corrected chi connectivity index (χ2v) is 4.83. The lowest BCUT2D eigenvalue weighted by atomic mass is 10.1. The maximum absolute atomic E-state index is 13.2. The molecule has 6 nitrogen and oxygen atoms in total. The number of carbonyl (C=O) groups is 1. The molecule has 23 heavy (non-hydrogen) atoms. The second-order valence-electron chi connectivity index (χ2n) is 4.83. The number of benzene rings is 2. The SMILES string of the molecule is O=C(Nc1cccc(F)c1)c1c(O)n(O)c(=O)c2ccccc12. The van der Waals surface area contributed by atoms with E-state index in [0.717, 1.165) is 6.07 Å². The maximum atomic E-state index is 13.2. The standard InChI is InChI=1S/C16H11FN2O4/c17-9-4-3-5-10(8-9)18-14(20)13-11-6-1-2-7-12(11)15(21)19(23)16(13)22/h1-8,22-23H,(H,18,20). The molecular weight excluding hydrogens is 303 g/mol. The molecule has 0 aliphatic heterocycles. The summed E-state index contributed by atoms with van der Waals surface area (Å²) in [7, 11) is 0. The van der Waals surface area contributed by atoms with E-state index in [1.165, 1.54) is 30.3 Å². The molecule has 0 fully saturated rings. The summed E-state index contributed by atoms with van der Waals surface area (Å²) in [6, 6.07) is 11.2. The van der Waals surface area contributed by atoms with Crippen molar-refractivity contribution in [1.29, 1.82) is 0 Å². The Hall–Kier alpha value is -3.35. The normalized spacial score (nSPS) is 10.7. The van der Waals surface area contributed by atoms with Gasteiger partial charge >= 0.3 is 0 Å². The van der Waals surface area contributed by atoms with Gasteiger partial charge in [0.2, 0.25) is 5.88 Å². The van der Waals surface area contributed by atoms with Gasteiger partial charge in [-0.2, -0.15) is 0 Å². The first-order valence-corrected chi connectivity index (χ1v) is 6.62. The number of anilines is 1. The smallest absolute Gasteiger partial charge is 0.294 e. The fourth-order valence-corrected chi connectivity index (χ4v) is 2.31. The van der Waals surface area contributed by atoms with Gasteiger partial charge in [0.05, 0.1) is 5.39 Å². The topological polar surface area (TPSA) is 91.6 Å². The zero-order chi connectivity index (χ0) is 16.6. The highest BCUT2D eigenvalue weighted by Gasteiger charge is 2.21. The zero-order valence-electron chi connectivity index (χ0n) is 11.7. The first kappa shape index (κ1) is 14.6. The molecule has 1 heterocycles. The molecule has 7 heteroatoms. The predicted molar refractivity (Wildman–Crippen MR) is 81.4 cm³/mol. The lowest BCUT2D eigenvalue weighted by Gasteiger charge is -2.11. The van der Waals surface area contributed by atoms with Crippen LogP contribution in [0.15, 0.2) is 53.3 Å². The Kier molecular flexibility index (Phi) is 3.46. The molecule has 2 aromatic carbocycles. The van der Waals surface area contributed by atoms with Gasteiger partial charge < -0.3 is 15.6 Å². The van der Waals surface area contributed by atoms with E-state index in [4.69, 9.17) is 0 Å². The van der Waals surface area contributed by atoms with Gasteiger partial charge in [0.15, 0.2) is 0 Å². The number of rotatable bonds is 2. The highest BCUT2D eigenvalue weighted by molar-refractivity contribution is 6.14. The Labute approximate surface area is 129 Å². The molecule has 1 aromatic heterocycles. The van der Waals surface area contributed by atoms with E-state index in [1.807, 2.05) is 0 Å². The van der Waals surface area contributed by atoms with Crippen molar-refractivity contribution in [2.45, 2.75) is 0 Å². The van der Waals surface area contributed by atoms with Crippen molar-refractivity contribution in [1.82, 2.24) is 4.73 Å². The van der Waals surface area contributed by atoms with E-state index >= 15 is 0 Å². The number of carbonyl (C=O) groups excluding carboxylic acids is 1. The second kappa shape index (κ2) is 5.45. The molecule has 3 rings (SSSR count). The van der Waals surface area contributed by atoms with Crippen molar-refractivity contribution >= 4 is 22.4 Å². The molecule has 0 saturated carbocycles. The van der Waals surface area contributed by atoms with E-state index in [1.54, 1.807) is 12.1 Å². The van der Waals surface area contributed by atoms with Crippen molar-refractivity contribution in [3.63, 3.8) is 0 Å². The van der Waals surface area contributed by atoms with Crippen molar-refractivity contribution in [3.05, 3.63) is 70.3 Å². The van der Waals surface area contributed by atoms with E-state index < -0.39 is 23.2 Å². The molecule has 116 valence electrons. The van der Waals surface area contributed by atoms with E-state index in [2.05, 4.69) is 5.32 Å². The van der Waals surface area contributed by atoms with Crippen LogP contribution in [0.1, 0.15) is 10.4 Å². The predicted octanol–water partition coefficient (Wildman–Crippen LogP) is 2.34. The Morgan fingerprint density at radius 1 is 1.09 bits per heavy atom. The minimum absolute atomic E-state index is 0.00280. The number of halogens is 1. The molecule has 3 aromatic rings. The maximum Gasteiger partial charge on any atom is 0.294 e. The summed E-state index contributed by atoms with van der Waals surface area (Å²) >= 11 is 0. The fraction of sp³-hybridized carbons (Fsp3) is 0. The van der Waals surface area contributed by atoms with Crippen molar-refractivity contribution in [2.24, 2.45) is 0 Å². The zero-order valence-corrected chi connectivity index (χ0v) is 11.7. The van der Waals surface area contributed by atoms with Gasteiger partial charge in [-0.05, 0) is 24.3 Å². The molecule has 0 saturated heterocycles. The molecular formula is C16H11FN2O4. The quantitative estimate of drug-likeness (QED) is 0.633. The van der Waals surface area contributed by atoms with Crippen LogP contribution in [0.4, 0.5) is 10.1 Å². The summed E-state index contributed by atoms with van der Waals surface area (Å²) in [6.07, 6.45) is 0. The van der Waals surface area contributed by atoms with E-state index in [0.29, 0.717) is 0 Å². The highest BCUT2D eigenvalue weighted by atomic mass is 19.1. The van der Waals surface area contributed by atoms with Gasteiger partial charge in [0, 0.05) is 11.1 Å². The number of hydrogen-bond donors (Lipinski definition) is 3. The molecule has 3 N–H and O–H groups in total. The summed E-state index contributed by atoms with van der Waals surface area (Å²) < 4.78 is 13.2. The minimum Gasteiger partial charge on any atom is -0.492 e. The number of fused-ring (bicyclic) bond motifs is 1. The number of aromatic nitrogens is 1. The molecule has 0 spiro atoms. The van der Waals surface area contributed by atoms with Gasteiger partial charge in [0.1, 0.15) is 11.4 Å². The van der Waals surface area contributed by atoms with Crippen LogP contribution >= 0.6 is 0 Å². The van der Waals surface area contributed by atoms with E-state index in [9.17, 15) is 24.3 Å². The number of hydrogen-bond acceptors (Lipinski definition) is 4. The van der Waals surface area contributed by atoms with Crippen molar-refractivity contribution in [3.8, 4) is 5.88 Å². The van der Waals surface area contributed by atoms with Gasteiger partial charge in [-0.3, -0.25) is 9.59 Å². The van der Waals surface area contributed by atoms with Crippen molar-refractivity contribution < 1.29 is 19.5 Å². The summed E-state index contributed by atoms with van der Waals surface area (Å²) in [5.41, 5.74) is -0.957. The van der Waals surface area contributed by atoms with Crippen LogP contribution in [0.5, 0.6) is 5.88 Å². The average molecular weight is 314 g/mol. The van der Waals surface area contributed by atoms with Crippen LogP contribution in [-0.4, -0.2) is 21.0 Å². The largest absolute Gasteiger partial charge is 0.492 e. The number of nitrogens with one attached hydrogen (secondary N) is 1. The number of aromatic hydroxyl groups is 1. The summed E-state index contributed by atoms with van der Waals surface area (Å²) in [5.74, 6) is -2.21. The summed E-state index contributed by atoms with van der Waals surface area (Å²) in [4.78, 5) is 24.3. The van der Waals surface area contributed by atoms with Gasteiger partial charge in [0.25, 0.3) is 11.5 Å². The van der Waals surface area contributed by atoms with Gasteiger partial charge in [-0.15, -0.1) is 4.73 Å². The molecule has 0 atom stereocenters. The van der Waals surface area contributed by atoms with Crippen LogP contribution in [0, 0.1) is 5.82 Å². The Morgan fingerprint density at radius 2 is 1.78 bits per heavy atom. The summed E-state index contributed by atoms with van der Waals surface area (Å²) in [5, 5.41) is 22.3. The van der Waals surface area contributed by atoms with Crippen LogP contribution in [0.25, 0.3) is 10.8 Å². The first-order chi connectivity index (χ1) is 11.0. The fourth-order valence-electron chi connectivity index (χ4n) is 2.31. The minimum atomic E-state index is -0.886. The third-order valence-corrected chi connectivity index (χ3v) is 3.35. The first-order valence-electron chi connectivity index (χ1n) is 6.62.